The normalized spacial score (nSPS) is 15.5. The Bertz CT molecular complexity index is 931. The number of carbonyl (C=O) groups excluding carboxylic acids is 2. The summed E-state index contributed by atoms with van der Waals surface area (Å²) in [6.45, 7) is 9.16. The number of nitrogens with one attached hydrogen (secondary N) is 1. The lowest BCUT2D eigenvalue weighted by Crippen LogP contribution is -2.51. The molecule has 0 fully saturated rings. The third-order valence-corrected chi connectivity index (χ3v) is 6.89. The highest BCUT2D eigenvalue weighted by atomic mass is 35.5. The highest BCUT2D eigenvalue weighted by Gasteiger charge is 2.34. The molecule has 168 valence electrons. The quantitative estimate of drug-likeness (QED) is 0.649. The molecule has 0 unspecified atom stereocenters. The van der Waals surface area contributed by atoms with Crippen molar-refractivity contribution >= 4 is 34.9 Å². The van der Waals surface area contributed by atoms with Gasteiger partial charge in [0, 0.05) is 29.0 Å². The van der Waals surface area contributed by atoms with Crippen molar-refractivity contribution < 1.29 is 14.3 Å². The summed E-state index contributed by atoms with van der Waals surface area (Å²) in [5, 5.41) is 5.56. The van der Waals surface area contributed by atoms with Gasteiger partial charge in [0.05, 0.1) is 6.04 Å². The number of carbonyl (C=O) groups is 2. The van der Waals surface area contributed by atoms with E-state index in [9.17, 15) is 9.59 Å². The molecule has 1 aliphatic heterocycles. The Morgan fingerprint density at radius 1 is 1.35 bits per heavy atom. The van der Waals surface area contributed by atoms with Gasteiger partial charge < -0.3 is 19.9 Å². The molecule has 1 aromatic heterocycles. The Morgan fingerprint density at radius 2 is 2.13 bits per heavy atom. The lowest BCUT2D eigenvalue weighted by Gasteiger charge is -2.37. The molecule has 0 bridgehead atoms. The summed E-state index contributed by atoms with van der Waals surface area (Å²) in [5.74, 6) is 0.653. The second kappa shape index (κ2) is 10.4. The van der Waals surface area contributed by atoms with Gasteiger partial charge in [-0.3, -0.25) is 4.79 Å². The second-order valence-electron chi connectivity index (χ2n) is 7.93. The lowest BCUT2D eigenvalue weighted by atomic mass is 10.0. The van der Waals surface area contributed by atoms with Gasteiger partial charge in [0.1, 0.15) is 18.9 Å². The van der Waals surface area contributed by atoms with E-state index in [1.54, 1.807) is 16.2 Å². The highest BCUT2D eigenvalue weighted by Crippen LogP contribution is 2.34. The SMILES string of the molecule is CCNC(=O)N(CC(=O)N1CCc2sccc2[C@H]1COc1ccc(Cl)c(C)c1)C(C)C. The first-order valence-corrected chi connectivity index (χ1v) is 11.9. The minimum absolute atomic E-state index is 0.0412. The van der Waals surface area contributed by atoms with Crippen LogP contribution in [0.3, 0.4) is 0 Å². The molecule has 0 radical (unpaired) electrons. The fourth-order valence-corrected chi connectivity index (χ4v) is 4.78. The van der Waals surface area contributed by atoms with E-state index in [0.717, 1.165) is 23.3 Å². The molecule has 8 heteroatoms. The standard InChI is InChI=1S/C23H30ClN3O3S/c1-5-25-23(29)27(15(2)3)13-22(28)26-10-8-21-18(9-11-31-21)20(26)14-30-17-6-7-19(24)16(4)12-17/h6-7,9,11-12,15,20H,5,8,10,13-14H2,1-4H3,(H,25,29)/t20-/m1/s1. The average Bonchev–Trinajstić information content (AvgIpc) is 3.21. The van der Waals surface area contributed by atoms with Crippen molar-refractivity contribution in [3.05, 3.63) is 50.7 Å². The van der Waals surface area contributed by atoms with Gasteiger partial charge in [0.15, 0.2) is 0 Å². The molecule has 1 N–H and O–H groups in total. The van der Waals surface area contributed by atoms with Gasteiger partial charge in [-0.05, 0) is 74.9 Å². The summed E-state index contributed by atoms with van der Waals surface area (Å²) in [5.41, 5.74) is 2.07. The maximum Gasteiger partial charge on any atom is 0.318 e. The van der Waals surface area contributed by atoms with E-state index in [-0.39, 0.29) is 30.6 Å². The lowest BCUT2D eigenvalue weighted by molar-refractivity contribution is -0.135. The molecule has 1 aromatic carbocycles. The Hall–Kier alpha value is -2.25. The summed E-state index contributed by atoms with van der Waals surface area (Å²) in [7, 11) is 0. The number of fused-ring (bicyclic) bond motifs is 1. The fourth-order valence-electron chi connectivity index (χ4n) is 3.73. The van der Waals surface area contributed by atoms with E-state index in [4.69, 9.17) is 16.3 Å². The van der Waals surface area contributed by atoms with Gasteiger partial charge in [0.25, 0.3) is 0 Å². The number of hydrogen-bond donors (Lipinski definition) is 1. The molecule has 1 atom stereocenters. The third kappa shape index (κ3) is 5.52. The zero-order valence-corrected chi connectivity index (χ0v) is 20.1. The topological polar surface area (TPSA) is 61.9 Å². The van der Waals surface area contributed by atoms with Crippen molar-refractivity contribution in [2.45, 2.75) is 46.2 Å². The molecule has 6 nitrogen and oxygen atoms in total. The maximum atomic E-state index is 13.3. The van der Waals surface area contributed by atoms with Crippen LogP contribution in [0, 0.1) is 6.92 Å². The smallest absolute Gasteiger partial charge is 0.318 e. The molecule has 0 spiro atoms. The van der Waals surface area contributed by atoms with Crippen molar-refractivity contribution in [3.63, 3.8) is 0 Å². The first-order chi connectivity index (χ1) is 14.8. The molecule has 3 amide bonds. The number of urea groups is 1. The van der Waals surface area contributed by atoms with Crippen molar-refractivity contribution in [2.75, 3.05) is 26.2 Å². The molecule has 2 heterocycles. The minimum Gasteiger partial charge on any atom is -0.491 e. The largest absolute Gasteiger partial charge is 0.491 e. The van der Waals surface area contributed by atoms with Gasteiger partial charge in [-0.15, -0.1) is 11.3 Å². The monoisotopic (exact) mass is 463 g/mol. The predicted molar refractivity (Wildman–Crippen MR) is 125 cm³/mol. The molecule has 0 saturated heterocycles. The van der Waals surface area contributed by atoms with E-state index in [1.807, 2.05) is 50.8 Å². The number of aryl methyl sites for hydroxylation is 1. The second-order valence-corrected chi connectivity index (χ2v) is 9.34. The van der Waals surface area contributed by atoms with Crippen molar-refractivity contribution in [3.8, 4) is 5.75 Å². The number of ether oxygens (including phenoxy) is 1. The van der Waals surface area contributed by atoms with Crippen LogP contribution in [-0.4, -0.2) is 54.0 Å². The van der Waals surface area contributed by atoms with Crippen LogP contribution in [0.2, 0.25) is 5.02 Å². The summed E-state index contributed by atoms with van der Waals surface area (Å²) in [6.07, 6.45) is 0.818. The van der Waals surface area contributed by atoms with E-state index in [2.05, 4.69) is 16.8 Å². The summed E-state index contributed by atoms with van der Waals surface area (Å²) < 4.78 is 6.09. The zero-order valence-electron chi connectivity index (χ0n) is 18.5. The third-order valence-electron chi connectivity index (χ3n) is 5.47. The molecule has 3 rings (SSSR count). The van der Waals surface area contributed by atoms with E-state index in [0.29, 0.717) is 24.7 Å². The van der Waals surface area contributed by atoms with Crippen LogP contribution < -0.4 is 10.1 Å². The molecule has 0 aliphatic carbocycles. The Labute approximate surface area is 193 Å². The summed E-state index contributed by atoms with van der Waals surface area (Å²) in [4.78, 5) is 30.4. The van der Waals surface area contributed by atoms with Gasteiger partial charge in [-0.2, -0.15) is 0 Å². The number of nitrogens with zero attached hydrogens (tertiary/aromatic N) is 2. The van der Waals surface area contributed by atoms with Crippen molar-refractivity contribution in [2.24, 2.45) is 0 Å². The van der Waals surface area contributed by atoms with Crippen LogP contribution in [0.15, 0.2) is 29.6 Å². The van der Waals surface area contributed by atoms with Crippen molar-refractivity contribution in [1.82, 2.24) is 15.1 Å². The minimum atomic E-state index is -0.219. The van der Waals surface area contributed by atoms with E-state index >= 15 is 0 Å². The Kier molecular flexibility index (Phi) is 7.84. The molecule has 31 heavy (non-hydrogen) atoms. The Balaban J connectivity index is 1.78. The number of benzene rings is 1. The van der Waals surface area contributed by atoms with Crippen molar-refractivity contribution in [1.29, 1.82) is 0 Å². The highest BCUT2D eigenvalue weighted by molar-refractivity contribution is 7.10. The van der Waals surface area contributed by atoms with Gasteiger partial charge in [0.2, 0.25) is 5.91 Å². The van der Waals surface area contributed by atoms with Crippen LogP contribution in [0.1, 0.15) is 42.8 Å². The van der Waals surface area contributed by atoms with Gasteiger partial charge in [-0.1, -0.05) is 11.6 Å². The molecular formula is C23H30ClN3O3S. The maximum absolute atomic E-state index is 13.3. The number of rotatable bonds is 7. The molecule has 1 aliphatic rings. The fraction of sp³-hybridized carbons (Fsp3) is 0.478. The van der Waals surface area contributed by atoms with Gasteiger partial charge >= 0.3 is 6.03 Å². The first kappa shape index (κ1) is 23.4. The first-order valence-electron chi connectivity index (χ1n) is 10.6. The van der Waals surface area contributed by atoms with Crippen LogP contribution in [-0.2, 0) is 11.2 Å². The van der Waals surface area contributed by atoms with Crippen LogP contribution in [0.5, 0.6) is 5.75 Å². The number of thiophene rings is 1. The summed E-state index contributed by atoms with van der Waals surface area (Å²) in [6, 6.07) is 7.15. The average molecular weight is 464 g/mol. The van der Waals surface area contributed by atoms with Crippen LogP contribution in [0.4, 0.5) is 4.79 Å². The number of amides is 3. The van der Waals surface area contributed by atoms with Gasteiger partial charge in [-0.25, -0.2) is 4.79 Å². The number of hydrogen-bond acceptors (Lipinski definition) is 4. The van der Waals surface area contributed by atoms with E-state index in [1.165, 1.54) is 4.88 Å². The Morgan fingerprint density at radius 3 is 2.81 bits per heavy atom. The van der Waals surface area contributed by atoms with E-state index < -0.39 is 0 Å². The molecule has 2 aromatic rings. The van der Waals surface area contributed by atoms with Crippen LogP contribution in [0.25, 0.3) is 0 Å². The number of halogens is 1. The summed E-state index contributed by atoms with van der Waals surface area (Å²) >= 11 is 7.84. The van der Waals surface area contributed by atoms with Crippen LogP contribution >= 0.6 is 22.9 Å². The zero-order chi connectivity index (χ0) is 22.5. The predicted octanol–water partition coefficient (Wildman–Crippen LogP) is 4.65. The molecular weight excluding hydrogens is 434 g/mol. The molecule has 0 saturated carbocycles.